The van der Waals surface area contributed by atoms with E-state index < -0.39 is 5.60 Å². The number of aryl methyl sites for hydroxylation is 2. The Morgan fingerprint density at radius 2 is 2.04 bits per heavy atom. The molecule has 3 aromatic rings. The fraction of sp³-hybridized carbons (Fsp3) is 0.333. The van der Waals surface area contributed by atoms with E-state index in [9.17, 15) is 9.90 Å². The zero-order chi connectivity index (χ0) is 18.2. The second-order valence-corrected chi connectivity index (χ2v) is 7.59. The van der Waals surface area contributed by atoms with Crippen molar-refractivity contribution >= 4 is 38.3 Å². The molecule has 0 fully saturated rings. The van der Waals surface area contributed by atoms with E-state index in [0.717, 1.165) is 26.9 Å². The van der Waals surface area contributed by atoms with E-state index in [-0.39, 0.29) is 5.69 Å². The van der Waals surface area contributed by atoms with Gasteiger partial charge in [0.1, 0.15) is 0 Å². The first-order chi connectivity index (χ1) is 11.8. The van der Waals surface area contributed by atoms with Crippen LogP contribution in [-0.2, 0) is 13.6 Å². The van der Waals surface area contributed by atoms with Crippen LogP contribution in [0.25, 0.3) is 11.0 Å². The summed E-state index contributed by atoms with van der Waals surface area (Å²) in [5, 5.41) is 13.3. The number of nitrogens with one attached hydrogen (secondary N) is 1. The lowest BCUT2D eigenvalue weighted by molar-refractivity contribution is 0.0662. The molecule has 0 saturated heterocycles. The molecule has 2 aromatic heterocycles. The van der Waals surface area contributed by atoms with Crippen molar-refractivity contribution < 1.29 is 5.11 Å². The van der Waals surface area contributed by atoms with Gasteiger partial charge in [-0.1, -0.05) is 0 Å². The molecule has 0 atom stereocenters. The van der Waals surface area contributed by atoms with E-state index >= 15 is 0 Å². The van der Waals surface area contributed by atoms with E-state index in [1.807, 2.05) is 24.3 Å². The van der Waals surface area contributed by atoms with Crippen molar-refractivity contribution in [3.05, 3.63) is 51.6 Å². The van der Waals surface area contributed by atoms with E-state index in [1.54, 1.807) is 42.4 Å². The molecular weight excluding hydrogens is 384 g/mol. The summed E-state index contributed by atoms with van der Waals surface area (Å²) in [6.07, 6.45) is 3.94. The lowest BCUT2D eigenvalue weighted by atomic mass is 10.1. The first-order valence-electron chi connectivity index (χ1n) is 8.04. The molecule has 0 bridgehead atoms. The molecule has 0 spiro atoms. The number of pyridine rings is 1. The minimum Gasteiger partial charge on any atom is -0.390 e. The summed E-state index contributed by atoms with van der Waals surface area (Å²) >= 11 is 3.47. The third-order valence-corrected chi connectivity index (χ3v) is 4.78. The highest BCUT2D eigenvalue weighted by Crippen LogP contribution is 2.26. The highest BCUT2D eigenvalue weighted by molar-refractivity contribution is 9.10. The number of fused-ring (bicyclic) bond motifs is 1. The molecule has 1 aromatic carbocycles. The largest absolute Gasteiger partial charge is 0.390 e. The van der Waals surface area contributed by atoms with Crippen molar-refractivity contribution in [2.24, 2.45) is 7.05 Å². The predicted molar refractivity (Wildman–Crippen MR) is 103 cm³/mol. The maximum Gasteiger partial charge on any atom is 0.328 e. The molecule has 0 aliphatic heterocycles. The summed E-state index contributed by atoms with van der Waals surface area (Å²) in [4.78, 5) is 16.6. The summed E-state index contributed by atoms with van der Waals surface area (Å²) in [6, 6.07) is 7.69. The summed E-state index contributed by atoms with van der Waals surface area (Å²) in [7, 11) is 1.76. The van der Waals surface area contributed by atoms with Crippen molar-refractivity contribution in [2.45, 2.75) is 32.4 Å². The number of aromatic nitrogens is 3. The highest BCUT2D eigenvalue weighted by atomic mass is 79.9. The van der Waals surface area contributed by atoms with Crippen LogP contribution in [0.15, 0.2) is 45.9 Å². The molecule has 0 unspecified atom stereocenters. The van der Waals surface area contributed by atoms with Crippen LogP contribution in [0.3, 0.4) is 0 Å². The molecule has 3 rings (SSSR count). The van der Waals surface area contributed by atoms with E-state index in [0.29, 0.717) is 13.0 Å². The average molecular weight is 405 g/mol. The van der Waals surface area contributed by atoms with Gasteiger partial charge in [0, 0.05) is 31.7 Å². The third-order valence-electron chi connectivity index (χ3n) is 4.14. The second-order valence-electron chi connectivity index (χ2n) is 6.74. The maximum atomic E-state index is 12.5. The second kappa shape index (κ2) is 6.65. The Kier molecular flexibility index (Phi) is 4.71. The monoisotopic (exact) mass is 404 g/mol. The van der Waals surface area contributed by atoms with Crippen LogP contribution in [0.4, 0.5) is 11.4 Å². The molecule has 0 amide bonds. The minimum atomic E-state index is -0.820. The third kappa shape index (κ3) is 3.77. The number of imidazole rings is 1. The van der Waals surface area contributed by atoms with Gasteiger partial charge in [-0.3, -0.25) is 14.1 Å². The van der Waals surface area contributed by atoms with Gasteiger partial charge < -0.3 is 10.4 Å². The van der Waals surface area contributed by atoms with Crippen LogP contribution >= 0.6 is 15.9 Å². The van der Waals surface area contributed by atoms with Gasteiger partial charge in [-0.25, -0.2) is 4.79 Å². The predicted octanol–water partition coefficient (Wildman–Crippen LogP) is 3.40. The molecule has 25 heavy (non-hydrogen) atoms. The minimum absolute atomic E-state index is 0.0820. The molecule has 2 heterocycles. The van der Waals surface area contributed by atoms with Gasteiger partial charge >= 0.3 is 5.69 Å². The quantitative estimate of drug-likeness (QED) is 0.683. The van der Waals surface area contributed by atoms with E-state index in [4.69, 9.17) is 0 Å². The van der Waals surface area contributed by atoms with Crippen LogP contribution < -0.4 is 11.0 Å². The van der Waals surface area contributed by atoms with Gasteiger partial charge in [0.25, 0.3) is 0 Å². The first kappa shape index (κ1) is 17.7. The molecule has 0 saturated carbocycles. The van der Waals surface area contributed by atoms with Gasteiger partial charge in [-0.15, -0.1) is 0 Å². The fourth-order valence-electron chi connectivity index (χ4n) is 2.72. The molecule has 132 valence electrons. The average Bonchev–Trinajstić information content (AvgIpc) is 2.78. The lowest BCUT2D eigenvalue weighted by Gasteiger charge is -2.17. The Balaban J connectivity index is 2.01. The van der Waals surface area contributed by atoms with Gasteiger partial charge in [-0.2, -0.15) is 0 Å². The molecule has 7 heteroatoms. The number of hydrogen-bond acceptors (Lipinski definition) is 4. The summed E-state index contributed by atoms with van der Waals surface area (Å²) in [5.41, 5.74) is 2.57. The maximum absolute atomic E-state index is 12.5. The standard InChI is InChI=1S/C18H21BrN4O2/c1-18(2,25)7-9-23-16-10-12(4-5-15(16)22(3)17(23)24)21-14-6-8-20-11-13(14)19/h4-6,8,10-11,25H,7,9H2,1-3H3,(H,20,21). The SMILES string of the molecule is Cn1c(=O)n(CCC(C)(C)O)c2cc(Nc3ccncc3Br)ccc21. The van der Waals surface area contributed by atoms with Crippen molar-refractivity contribution in [3.63, 3.8) is 0 Å². The zero-order valence-electron chi connectivity index (χ0n) is 14.5. The highest BCUT2D eigenvalue weighted by Gasteiger charge is 2.16. The molecule has 2 N–H and O–H groups in total. The van der Waals surface area contributed by atoms with Gasteiger partial charge in [-0.05, 0) is 60.5 Å². The van der Waals surface area contributed by atoms with Crippen LogP contribution in [0.2, 0.25) is 0 Å². The number of aliphatic hydroxyl groups is 1. The summed E-state index contributed by atoms with van der Waals surface area (Å²) in [6.45, 7) is 3.95. The Hall–Kier alpha value is -2.12. The smallest absolute Gasteiger partial charge is 0.328 e. The number of rotatable bonds is 5. The Labute approximate surface area is 154 Å². The van der Waals surface area contributed by atoms with Gasteiger partial charge in [0.05, 0.1) is 26.8 Å². The zero-order valence-corrected chi connectivity index (χ0v) is 16.0. The molecule has 0 aliphatic carbocycles. The van der Waals surface area contributed by atoms with E-state index in [2.05, 4.69) is 26.2 Å². The van der Waals surface area contributed by atoms with Crippen molar-refractivity contribution in [3.8, 4) is 0 Å². The fourth-order valence-corrected chi connectivity index (χ4v) is 3.07. The van der Waals surface area contributed by atoms with Crippen LogP contribution in [0.1, 0.15) is 20.3 Å². The van der Waals surface area contributed by atoms with Crippen molar-refractivity contribution in [1.29, 1.82) is 0 Å². The number of benzene rings is 1. The number of halogens is 1. The molecule has 0 aliphatic rings. The van der Waals surface area contributed by atoms with Crippen LogP contribution in [0.5, 0.6) is 0 Å². The normalized spacial score (nSPS) is 11.9. The number of hydrogen-bond donors (Lipinski definition) is 2. The Morgan fingerprint density at radius 1 is 1.28 bits per heavy atom. The van der Waals surface area contributed by atoms with Crippen LogP contribution in [0, 0.1) is 0 Å². The van der Waals surface area contributed by atoms with Gasteiger partial charge in [0.2, 0.25) is 0 Å². The topological polar surface area (TPSA) is 72.1 Å². The van der Waals surface area contributed by atoms with Gasteiger partial charge in [0.15, 0.2) is 0 Å². The van der Waals surface area contributed by atoms with Crippen molar-refractivity contribution in [1.82, 2.24) is 14.1 Å². The molecular formula is C18H21BrN4O2. The summed E-state index contributed by atoms with van der Waals surface area (Å²) < 4.78 is 4.20. The number of nitrogens with zero attached hydrogens (tertiary/aromatic N) is 3. The Morgan fingerprint density at radius 3 is 2.72 bits per heavy atom. The summed E-state index contributed by atoms with van der Waals surface area (Å²) in [5.74, 6) is 0. The first-order valence-corrected chi connectivity index (χ1v) is 8.84. The van der Waals surface area contributed by atoms with E-state index in [1.165, 1.54) is 0 Å². The molecule has 6 nitrogen and oxygen atoms in total. The van der Waals surface area contributed by atoms with Crippen molar-refractivity contribution in [2.75, 3.05) is 5.32 Å². The number of anilines is 2. The lowest BCUT2D eigenvalue weighted by Crippen LogP contribution is -2.27. The Bertz CT molecular complexity index is 969. The van der Waals surface area contributed by atoms with Crippen LogP contribution in [-0.4, -0.2) is 24.8 Å². The molecule has 0 radical (unpaired) electrons.